The van der Waals surface area contributed by atoms with Gasteiger partial charge in [0.2, 0.25) is 0 Å². The van der Waals surface area contributed by atoms with Crippen molar-refractivity contribution in [3.8, 4) is 6.07 Å². The predicted molar refractivity (Wildman–Crippen MR) is 97.8 cm³/mol. The maximum absolute atomic E-state index is 12.4. The number of nitrogens with zero attached hydrogens (tertiary/aromatic N) is 3. The van der Waals surface area contributed by atoms with Crippen molar-refractivity contribution in [1.82, 2.24) is 9.78 Å². The number of halogens is 1. The Morgan fingerprint density at radius 2 is 1.85 bits per heavy atom. The quantitative estimate of drug-likeness (QED) is 0.638. The molecule has 0 spiro atoms. The summed E-state index contributed by atoms with van der Waals surface area (Å²) in [4.78, 5) is 12.4. The second kappa shape index (κ2) is 7.85. The summed E-state index contributed by atoms with van der Waals surface area (Å²) in [6.07, 6.45) is 0. The molecule has 0 atom stereocenters. The number of carbonyl (C=O) groups is 1. The molecular formula is C20H16ClN3O2. The molecule has 0 aliphatic heterocycles. The van der Waals surface area contributed by atoms with Crippen molar-refractivity contribution >= 4 is 17.6 Å². The fraction of sp³-hybridized carbons (Fsp3) is 0.150. The zero-order valence-corrected chi connectivity index (χ0v) is 14.9. The summed E-state index contributed by atoms with van der Waals surface area (Å²) in [5.41, 5.74) is 3.19. The first-order valence-corrected chi connectivity index (χ1v) is 8.39. The van der Waals surface area contributed by atoms with E-state index in [1.807, 2.05) is 36.4 Å². The van der Waals surface area contributed by atoms with Crippen LogP contribution in [-0.2, 0) is 17.9 Å². The van der Waals surface area contributed by atoms with Crippen molar-refractivity contribution in [3.05, 3.63) is 87.7 Å². The smallest absolute Gasteiger partial charge is 0.343 e. The van der Waals surface area contributed by atoms with Gasteiger partial charge in [-0.3, -0.25) is 0 Å². The fourth-order valence-corrected chi connectivity index (χ4v) is 2.85. The minimum Gasteiger partial charge on any atom is -0.457 e. The lowest BCUT2D eigenvalue weighted by atomic mass is 10.1. The molecule has 0 unspecified atom stereocenters. The largest absolute Gasteiger partial charge is 0.457 e. The Kier molecular flexibility index (Phi) is 5.35. The van der Waals surface area contributed by atoms with Gasteiger partial charge in [0, 0.05) is 0 Å². The molecule has 5 nitrogen and oxygen atoms in total. The number of hydrogen-bond donors (Lipinski definition) is 0. The van der Waals surface area contributed by atoms with Crippen LogP contribution in [0.3, 0.4) is 0 Å². The number of benzene rings is 2. The number of aryl methyl sites for hydroxylation is 1. The summed E-state index contributed by atoms with van der Waals surface area (Å²) in [6.45, 7) is 2.30. The van der Waals surface area contributed by atoms with Crippen LogP contribution in [0.25, 0.3) is 0 Å². The average Bonchev–Trinajstić information content (AvgIpc) is 2.94. The van der Waals surface area contributed by atoms with Crippen molar-refractivity contribution in [1.29, 1.82) is 5.26 Å². The molecule has 0 amide bonds. The number of carbonyl (C=O) groups excluding carboxylic acids is 1. The number of nitriles is 1. The van der Waals surface area contributed by atoms with E-state index in [9.17, 15) is 4.79 Å². The lowest BCUT2D eigenvalue weighted by Crippen LogP contribution is -2.07. The Morgan fingerprint density at radius 1 is 1.15 bits per heavy atom. The van der Waals surface area contributed by atoms with Crippen molar-refractivity contribution in [2.75, 3.05) is 0 Å². The van der Waals surface area contributed by atoms with E-state index in [4.69, 9.17) is 21.6 Å². The third-order valence-corrected chi connectivity index (χ3v) is 4.28. The normalized spacial score (nSPS) is 10.3. The van der Waals surface area contributed by atoms with Crippen LogP contribution < -0.4 is 0 Å². The molecule has 0 radical (unpaired) electrons. The molecule has 0 aliphatic rings. The number of esters is 1. The summed E-state index contributed by atoms with van der Waals surface area (Å²) in [5.74, 6) is -0.517. The van der Waals surface area contributed by atoms with E-state index in [-0.39, 0.29) is 17.3 Å². The molecule has 3 aromatic rings. The highest BCUT2D eigenvalue weighted by atomic mass is 35.5. The monoisotopic (exact) mass is 365 g/mol. The third kappa shape index (κ3) is 3.93. The van der Waals surface area contributed by atoms with Gasteiger partial charge in [0.15, 0.2) is 0 Å². The second-order valence-corrected chi connectivity index (χ2v) is 6.14. The van der Waals surface area contributed by atoms with E-state index >= 15 is 0 Å². The Hall–Kier alpha value is -3.10. The van der Waals surface area contributed by atoms with Gasteiger partial charge in [-0.05, 0) is 30.2 Å². The number of ether oxygens (including phenoxy) is 1. The van der Waals surface area contributed by atoms with Crippen LogP contribution in [0.1, 0.15) is 32.7 Å². The van der Waals surface area contributed by atoms with Crippen LogP contribution in [0.5, 0.6) is 0 Å². The Labute approximate surface area is 156 Å². The molecule has 1 heterocycles. The highest BCUT2D eigenvalue weighted by molar-refractivity contribution is 6.32. The Balaban J connectivity index is 1.71. The van der Waals surface area contributed by atoms with Gasteiger partial charge in [0.05, 0.1) is 23.9 Å². The van der Waals surface area contributed by atoms with E-state index in [1.165, 1.54) is 0 Å². The number of aromatic nitrogens is 2. The fourth-order valence-electron chi connectivity index (χ4n) is 2.54. The molecule has 0 bridgehead atoms. The summed E-state index contributed by atoms with van der Waals surface area (Å²) in [7, 11) is 0. The van der Waals surface area contributed by atoms with E-state index in [1.54, 1.807) is 35.9 Å². The highest BCUT2D eigenvalue weighted by Crippen LogP contribution is 2.22. The van der Waals surface area contributed by atoms with Gasteiger partial charge >= 0.3 is 5.97 Å². The molecule has 1 aromatic heterocycles. The van der Waals surface area contributed by atoms with Crippen LogP contribution in [0, 0.1) is 18.3 Å². The van der Waals surface area contributed by atoms with Crippen LogP contribution in [0.15, 0.2) is 54.6 Å². The zero-order chi connectivity index (χ0) is 18.5. The molecular weight excluding hydrogens is 350 g/mol. The Bertz CT molecular complexity index is 957. The first-order chi connectivity index (χ1) is 12.6. The van der Waals surface area contributed by atoms with Gasteiger partial charge in [0.25, 0.3) is 0 Å². The minimum atomic E-state index is -0.517. The first kappa shape index (κ1) is 17.7. The van der Waals surface area contributed by atoms with Gasteiger partial charge in [-0.25, -0.2) is 9.48 Å². The SMILES string of the molecule is Cc1nn(Cc2ccccc2)c(Cl)c1C(=O)OCc1ccc(C#N)cc1. The van der Waals surface area contributed by atoms with E-state index in [0.29, 0.717) is 17.8 Å². The lowest BCUT2D eigenvalue weighted by molar-refractivity contribution is 0.0472. The van der Waals surface area contributed by atoms with Crippen LogP contribution in [-0.4, -0.2) is 15.7 Å². The molecule has 0 aliphatic carbocycles. The first-order valence-electron chi connectivity index (χ1n) is 8.01. The summed E-state index contributed by atoms with van der Waals surface area (Å²) >= 11 is 6.36. The van der Waals surface area contributed by atoms with Crippen LogP contribution >= 0.6 is 11.6 Å². The molecule has 130 valence electrons. The maximum atomic E-state index is 12.4. The average molecular weight is 366 g/mol. The van der Waals surface area contributed by atoms with Crippen LogP contribution in [0.2, 0.25) is 5.15 Å². The summed E-state index contributed by atoms with van der Waals surface area (Å²) in [5, 5.41) is 13.4. The van der Waals surface area contributed by atoms with Gasteiger partial charge < -0.3 is 4.74 Å². The van der Waals surface area contributed by atoms with E-state index < -0.39 is 5.97 Å². The zero-order valence-electron chi connectivity index (χ0n) is 14.1. The Morgan fingerprint density at radius 3 is 2.50 bits per heavy atom. The topological polar surface area (TPSA) is 67.9 Å². The van der Waals surface area contributed by atoms with Gasteiger partial charge in [-0.1, -0.05) is 54.1 Å². The molecule has 26 heavy (non-hydrogen) atoms. The predicted octanol–water partition coefficient (Wildman–Crippen LogP) is 4.12. The van der Waals surface area contributed by atoms with Gasteiger partial charge in [-0.2, -0.15) is 10.4 Å². The lowest BCUT2D eigenvalue weighted by Gasteiger charge is -2.06. The summed E-state index contributed by atoms with van der Waals surface area (Å²) < 4.78 is 6.94. The number of rotatable bonds is 5. The molecule has 6 heteroatoms. The van der Waals surface area contributed by atoms with E-state index in [2.05, 4.69) is 5.10 Å². The summed E-state index contributed by atoms with van der Waals surface area (Å²) in [6, 6.07) is 18.7. The molecule has 0 fully saturated rings. The standard InChI is InChI=1S/C20H16ClN3O2/c1-14-18(19(21)24(23-14)12-16-5-3-2-4-6-16)20(25)26-13-17-9-7-15(11-22)8-10-17/h2-10H,12-13H2,1H3. The number of hydrogen-bond acceptors (Lipinski definition) is 4. The van der Waals surface area contributed by atoms with Crippen molar-refractivity contribution in [3.63, 3.8) is 0 Å². The maximum Gasteiger partial charge on any atom is 0.343 e. The molecule has 0 saturated heterocycles. The second-order valence-electron chi connectivity index (χ2n) is 5.78. The third-order valence-electron chi connectivity index (χ3n) is 3.90. The van der Waals surface area contributed by atoms with Gasteiger partial charge in [0.1, 0.15) is 17.3 Å². The van der Waals surface area contributed by atoms with E-state index in [0.717, 1.165) is 11.1 Å². The van der Waals surface area contributed by atoms with Crippen LogP contribution in [0.4, 0.5) is 0 Å². The van der Waals surface area contributed by atoms with Crippen molar-refractivity contribution in [2.45, 2.75) is 20.1 Å². The van der Waals surface area contributed by atoms with Crippen molar-refractivity contribution in [2.24, 2.45) is 0 Å². The van der Waals surface area contributed by atoms with Crippen molar-refractivity contribution < 1.29 is 9.53 Å². The molecule has 0 saturated carbocycles. The van der Waals surface area contributed by atoms with Gasteiger partial charge in [-0.15, -0.1) is 0 Å². The minimum absolute atomic E-state index is 0.101. The molecule has 2 aromatic carbocycles. The molecule has 3 rings (SSSR count). The highest BCUT2D eigenvalue weighted by Gasteiger charge is 2.21. The molecule has 0 N–H and O–H groups in total.